The molecule has 2 heterocycles. The Labute approximate surface area is 165 Å². The predicted octanol–water partition coefficient (Wildman–Crippen LogP) is 4.48. The summed E-state index contributed by atoms with van der Waals surface area (Å²) in [4.78, 5) is 6.88. The highest BCUT2D eigenvalue weighted by Crippen LogP contribution is 2.38. The number of methoxy groups -OCH3 is 1. The fraction of sp³-hybridized carbons (Fsp3) is 0.348. The third-order valence-electron chi connectivity index (χ3n) is 5.62. The average molecular weight is 377 g/mol. The van der Waals surface area contributed by atoms with Gasteiger partial charge in [-0.05, 0) is 68.7 Å². The Bertz CT molecular complexity index is 1190. The van der Waals surface area contributed by atoms with Crippen LogP contribution in [0.4, 0.5) is 5.82 Å². The van der Waals surface area contributed by atoms with E-state index < -0.39 is 0 Å². The minimum Gasteiger partial charge on any atom is -0.497 e. The fourth-order valence-electron chi connectivity index (χ4n) is 4.24. The number of fused-ring (bicyclic) bond motifs is 4. The molecule has 1 N–H and O–H groups in total. The predicted molar refractivity (Wildman–Crippen MR) is 119 cm³/mol. The topological polar surface area (TPSA) is 42.3 Å². The number of hydrogen-bond donors (Lipinski definition) is 1. The van der Waals surface area contributed by atoms with Crippen molar-refractivity contribution in [1.29, 1.82) is 0 Å². The molecule has 0 aliphatic heterocycles. The van der Waals surface area contributed by atoms with Crippen molar-refractivity contribution in [1.82, 2.24) is 14.5 Å². The molecule has 5 nitrogen and oxygen atoms in total. The Hall–Kier alpha value is -2.79. The van der Waals surface area contributed by atoms with Gasteiger partial charge >= 0.3 is 0 Å². The molecule has 0 fully saturated rings. The molecule has 0 unspecified atom stereocenters. The minimum absolute atomic E-state index is 0.860. The first kappa shape index (κ1) is 18.6. The van der Waals surface area contributed by atoms with Crippen molar-refractivity contribution in [2.45, 2.75) is 13.8 Å². The molecule has 0 radical (unpaired) electrons. The molecule has 0 saturated carbocycles. The van der Waals surface area contributed by atoms with E-state index in [4.69, 9.17) is 9.72 Å². The summed E-state index contributed by atoms with van der Waals surface area (Å²) in [5.41, 5.74) is 4.97. The Morgan fingerprint density at radius 2 is 1.89 bits per heavy atom. The van der Waals surface area contributed by atoms with Gasteiger partial charge in [0.15, 0.2) is 0 Å². The number of aryl methyl sites for hydroxylation is 3. The van der Waals surface area contributed by atoms with Gasteiger partial charge in [-0.25, -0.2) is 4.98 Å². The maximum Gasteiger partial charge on any atom is 0.133 e. The molecule has 0 amide bonds. The Morgan fingerprint density at radius 3 is 2.61 bits per heavy atom. The molecule has 4 aromatic rings. The van der Waals surface area contributed by atoms with Crippen LogP contribution in [0.15, 0.2) is 30.5 Å². The van der Waals surface area contributed by atoms with Gasteiger partial charge in [-0.3, -0.25) is 0 Å². The van der Waals surface area contributed by atoms with Gasteiger partial charge < -0.3 is 19.5 Å². The number of aromatic nitrogens is 2. The largest absolute Gasteiger partial charge is 0.497 e. The van der Waals surface area contributed by atoms with Gasteiger partial charge in [-0.15, -0.1) is 0 Å². The third kappa shape index (κ3) is 2.87. The van der Waals surface area contributed by atoms with Gasteiger partial charge in [-0.1, -0.05) is 0 Å². The molecule has 28 heavy (non-hydrogen) atoms. The van der Waals surface area contributed by atoms with E-state index in [1.54, 1.807) is 7.11 Å². The molecule has 0 aliphatic carbocycles. The maximum atomic E-state index is 5.48. The van der Waals surface area contributed by atoms with Crippen LogP contribution in [0.25, 0.3) is 32.6 Å². The van der Waals surface area contributed by atoms with Gasteiger partial charge in [0, 0.05) is 48.0 Å². The lowest BCUT2D eigenvalue weighted by molar-refractivity contribution is 0.415. The van der Waals surface area contributed by atoms with E-state index in [0.29, 0.717) is 0 Å². The van der Waals surface area contributed by atoms with Crippen LogP contribution >= 0.6 is 0 Å². The lowest BCUT2D eigenvalue weighted by atomic mass is 9.98. The summed E-state index contributed by atoms with van der Waals surface area (Å²) in [5.74, 6) is 1.83. The number of nitrogens with one attached hydrogen (secondary N) is 1. The van der Waals surface area contributed by atoms with Crippen molar-refractivity contribution >= 4 is 38.4 Å². The molecule has 0 aliphatic rings. The molecule has 0 spiro atoms. The first-order chi connectivity index (χ1) is 13.4. The number of pyridine rings is 1. The summed E-state index contributed by atoms with van der Waals surface area (Å²) in [7, 11) is 8.02. The van der Waals surface area contributed by atoms with E-state index >= 15 is 0 Å². The highest BCUT2D eigenvalue weighted by molar-refractivity contribution is 6.16. The first-order valence-corrected chi connectivity index (χ1v) is 9.66. The molecule has 5 heteroatoms. The second-order valence-corrected chi connectivity index (χ2v) is 7.78. The Balaban J connectivity index is 2.02. The third-order valence-corrected chi connectivity index (χ3v) is 5.62. The summed E-state index contributed by atoms with van der Waals surface area (Å²) in [5, 5.41) is 8.45. The van der Waals surface area contributed by atoms with Crippen molar-refractivity contribution < 1.29 is 4.74 Å². The van der Waals surface area contributed by atoms with Crippen molar-refractivity contribution in [2.75, 3.05) is 39.6 Å². The molecule has 0 bridgehead atoms. The summed E-state index contributed by atoms with van der Waals surface area (Å²) in [6.45, 7) is 6.18. The SMILES string of the molecule is COc1ccc2c(c1)c1cc3c(NCCN(C)C)ncc(C)c3c(C)c1n2C. The maximum absolute atomic E-state index is 5.48. The zero-order valence-corrected chi connectivity index (χ0v) is 17.6. The molecule has 4 rings (SSSR count). The van der Waals surface area contributed by atoms with Crippen LogP contribution in [-0.2, 0) is 7.05 Å². The van der Waals surface area contributed by atoms with Crippen LogP contribution in [0.2, 0.25) is 0 Å². The van der Waals surface area contributed by atoms with Gasteiger partial charge in [0.05, 0.1) is 12.6 Å². The summed E-state index contributed by atoms with van der Waals surface area (Å²) < 4.78 is 7.77. The molecule has 146 valence electrons. The lowest BCUT2D eigenvalue weighted by Gasteiger charge is -2.15. The second-order valence-electron chi connectivity index (χ2n) is 7.78. The van der Waals surface area contributed by atoms with Crippen LogP contribution in [0, 0.1) is 13.8 Å². The van der Waals surface area contributed by atoms with E-state index in [9.17, 15) is 0 Å². The van der Waals surface area contributed by atoms with Gasteiger partial charge in [-0.2, -0.15) is 0 Å². The zero-order valence-electron chi connectivity index (χ0n) is 17.6. The van der Waals surface area contributed by atoms with Gasteiger partial charge in [0.1, 0.15) is 11.6 Å². The molecule has 0 atom stereocenters. The molecular weight excluding hydrogens is 348 g/mol. The van der Waals surface area contributed by atoms with E-state index in [1.807, 2.05) is 12.3 Å². The van der Waals surface area contributed by atoms with Crippen LogP contribution in [0.3, 0.4) is 0 Å². The van der Waals surface area contributed by atoms with Crippen LogP contribution in [0.5, 0.6) is 5.75 Å². The second kappa shape index (κ2) is 6.99. The minimum atomic E-state index is 0.860. The van der Waals surface area contributed by atoms with Crippen LogP contribution < -0.4 is 10.1 Å². The summed E-state index contributed by atoms with van der Waals surface area (Å²) >= 11 is 0. The van der Waals surface area contributed by atoms with Gasteiger partial charge in [0.25, 0.3) is 0 Å². The number of nitrogens with zero attached hydrogens (tertiary/aromatic N) is 3. The first-order valence-electron chi connectivity index (χ1n) is 9.66. The number of hydrogen-bond acceptors (Lipinski definition) is 4. The van der Waals surface area contributed by atoms with E-state index in [1.165, 1.54) is 43.7 Å². The molecular formula is C23H28N4O. The summed E-state index contributed by atoms with van der Waals surface area (Å²) in [6.07, 6.45) is 1.98. The van der Waals surface area contributed by atoms with Crippen molar-refractivity contribution in [3.63, 3.8) is 0 Å². The average Bonchev–Trinajstić information content (AvgIpc) is 2.95. The highest BCUT2D eigenvalue weighted by atomic mass is 16.5. The number of rotatable bonds is 5. The molecule has 2 aromatic heterocycles. The number of anilines is 1. The lowest BCUT2D eigenvalue weighted by Crippen LogP contribution is -2.21. The van der Waals surface area contributed by atoms with Gasteiger partial charge in [0.2, 0.25) is 0 Å². The number of ether oxygens (including phenoxy) is 1. The number of likely N-dealkylation sites (N-methyl/N-ethyl adjacent to an activating group) is 1. The monoisotopic (exact) mass is 376 g/mol. The molecule has 0 saturated heterocycles. The van der Waals surface area contributed by atoms with E-state index in [-0.39, 0.29) is 0 Å². The van der Waals surface area contributed by atoms with E-state index in [2.05, 4.69) is 68.0 Å². The van der Waals surface area contributed by atoms with Crippen LogP contribution in [-0.4, -0.2) is 48.7 Å². The van der Waals surface area contributed by atoms with Crippen molar-refractivity contribution in [3.8, 4) is 5.75 Å². The van der Waals surface area contributed by atoms with Crippen LogP contribution in [0.1, 0.15) is 11.1 Å². The summed E-state index contributed by atoms with van der Waals surface area (Å²) in [6, 6.07) is 8.58. The zero-order chi connectivity index (χ0) is 20.0. The normalized spacial score (nSPS) is 11.8. The molecule has 2 aromatic carbocycles. The van der Waals surface area contributed by atoms with Crippen molar-refractivity contribution in [2.24, 2.45) is 7.05 Å². The fourth-order valence-corrected chi connectivity index (χ4v) is 4.24. The quantitative estimate of drug-likeness (QED) is 0.558. The smallest absolute Gasteiger partial charge is 0.133 e. The Kier molecular flexibility index (Phi) is 4.63. The van der Waals surface area contributed by atoms with E-state index in [0.717, 1.165) is 24.7 Å². The Morgan fingerprint density at radius 1 is 1.11 bits per heavy atom. The highest BCUT2D eigenvalue weighted by Gasteiger charge is 2.17. The van der Waals surface area contributed by atoms with Crippen molar-refractivity contribution in [3.05, 3.63) is 41.6 Å². The standard InChI is InChI=1S/C23H28N4O/c1-14-13-25-23(24-9-10-26(3)4)19-12-18-17-11-16(28-6)7-8-20(17)27(5)22(18)15(2)21(14)19/h7-8,11-13H,9-10H2,1-6H3,(H,24,25). The number of benzene rings is 2.